The number of amides is 3. The van der Waals surface area contributed by atoms with Crippen LogP contribution >= 0.6 is 12.6 Å². The fourth-order valence-electron chi connectivity index (χ4n) is 4.09. The lowest BCUT2D eigenvalue weighted by Gasteiger charge is -2.35. The van der Waals surface area contributed by atoms with E-state index in [2.05, 4.69) is 23.3 Å². The molecule has 8 heteroatoms. The minimum atomic E-state index is -0.949. The van der Waals surface area contributed by atoms with Gasteiger partial charge in [-0.15, -0.1) is 0 Å². The quantitative estimate of drug-likeness (QED) is 0.433. The van der Waals surface area contributed by atoms with Gasteiger partial charge in [0.15, 0.2) is 0 Å². The molecule has 0 spiro atoms. The first-order valence-electron chi connectivity index (χ1n) is 12.3. The van der Waals surface area contributed by atoms with Gasteiger partial charge in [-0.05, 0) is 64.2 Å². The van der Waals surface area contributed by atoms with E-state index in [1.165, 1.54) is 0 Å². The Morgan fingerprint density at radius 1 is 1.08 bits per heavy atom. The molecular weight excluding hydrogens is 474 g/mol. The van der Waals surface area contributed by atoms with Crippen LogP contribution in [0.4, 0.5) is 10.5 Å². The number of rotatable bonds is 8. The molecule has 1 aliphatic rings. The standard InChI is InChI=1S/C28H37N3O4S/c1-17-11-13-20(14-12-17)24(25(32)29-21-10-8-7-9-18(21)2)31(23-15-19(23)3)26(33)22(16-36)30-27(34)35-28(4,5)6/h7-14,19,22-24,36H,15-16H2,1-6H3,(H,29,32)(H,30,34). The maximum atomic E-state index is 13.9. The summed E-state index contributed by atoms with van der Waals surface area (Å²) in [6.07, 6.45) is 0.0761. The zero-order valence-corrected chi connectivity index (χ0v) is 22.8. The first-order chi connectivity index (χ1) is 16.9. The van der Waals surface area contributed by atoms with Gasteiger partial charge in [-0.1, -0.05) is 55.0 Å². The number of thiol groups is 1. The second-order valence-corrected chi connectivity index (χ2v) is 10.9. The highest BCUT2D eigenvalue weighted by molar-refractivity contribution is 7.80. The average molecular weight is 512 g/mol. The number of hydrogen-bond donors (Lipinski definition) is 3. The van der Waals surface area contributed by atoms with Crippen LogP contribution in [0.25, 0.3) is 0 Å². The van der Waals surface area contributed by atoms with Crippen molar-refractivity contribution in [3.63, 3.8) is 0 Å². The molecule has 1 aliphatic carbocycles. The van der Waals surface area contributed by atoms with Crippen LogP contribution in [-0.2, 0) is 14.3 Å². The van der Waals surface area contributed by atoms with E-state index in [1.54, 1.807) is 25.7 Å². The van der Waals surface area contributed by atoms with E-state index in [0.717, 1.165) is 17.5 Å². The van der Waals surface area contributed by atoms with E-state index >= 15 is 0 Å². The summed E-state index contributed by atoms with van der Waals surface area (Å²) >= 11 is 4.34. The van der Waals surface area contributed by atoms with Crippen molar-refractivity contribution in [1.82, 2.24) is 10.2 Å². The zero-order chi connectivity index (χ0) is 26.6. The molecular formula is C28H37N3O4S. The molecule has 0 saturated heterocycles. The van der Waals surface area contributed by atoms with Gasteiger partial charge in [-0.2, -0.15) is 12.6 Å². The van der Waals surface area contributed by atoms with Crippen molar-refractivity contribution in [2.24, 2.45) is 5.92 Å². The molecule has 0 bridgehead atoms. The third-order valence-electron chi connectivity index (χ3n) is 6.17. The van der Waals surface area contributed by atoms with Gasteiger partial charge in [0.2, 0.25) is 5.91 Å². The third kappa shape index (κ3) is 7.03. The zero-order valence-electron chi connectivity index (χ0n) is 21.9. The molecule has 3 rings (SSSR count). The summed E-state index contributed by atoms with van der Waals surface area (Å²) in [5.41, 5.74) is 2.65. The first kappa shape index (κ1) is 27.6. The molecule has 2 aromatic carbocycles. The second kappa shape index (κ2) is 11.4. The minimum Gasteiger partial charge on any atom is -0.444 e. The maximum Gasteiger partial charge on any atom is 0.408 e. The van der Waals surface area contributed by atoms with Crippen LogP contribution in [-0.4, -0.2) is 46.2 Å². The van der Waals surface area contributed by atoms with Crippen LogP contribution in [0.5, 0.6) is 0 Å². The predicted octanol–water partition coefficient (Wildman–Crippen LogP) is 5.04. The van der Waals surface area contributed by atoms with E-state index in [-0.39, 0.29) is 29.5 Å². The van der Waals surface area contributed by atoms with E-state index in [1.807, 2.05) is 69.3 Å². The Balaban J connectivity index is 1.98. The van der Waals surface area contributed by atoms with Gasteiger partial charge in [-0.3, -0.25) is 9.59 Å². The molecule has 36 heavy (non-hydrogen) atoms. The lowest BCUT2D eigenvalue weighted by atomic mass is 10.0. The van der Waals surface area contributed by atoms with Crippen molar-refractivity contribution >= 4 is 36.2 Å². The Bertz CT molecular complexity index is 1100. The molecule has 0 aromatic heterocycles. The number of hydrogen-bond acceptors (Lipinski definition) is 5. The Morgan fingerprint density at radius 2 is 1.69 bits per heavy atom. The van der Waals surface area contributed by atoms with Crippen molar-refractivity contribution in [2.45, 2.75) is 71.7 Å². The summed E-state index contributed by atoms with van der Waals surface area (Å²) in [7, 11) is 0. The van der Waals surface area contributed by atoms with Crippen molar-refractivity contribution < 1.29 is 19.1 Å². The summed E-state index contributed by atoms with van der Waals surface area (Å²) in [5, 5.41) is 5.67. The Kier molecular flexibility index (Phi) is 8.71. The Morgan fingerprint density at radius 3 is 2.22 bits per heavy atom. The van der Waals surface area contributed by atoms with E-state index in [9.17, 15) is 14.4 Å². The number of nitrogens with one attached hydrogen (secondary N) is 2. The van der Waals surface area contributed by atoms with E-state index < -0.39 is 23.8 Å². The Labute approximate surface area is 219 Å². The third-order valence-corrected chi connectivity index (χ3v) is 6.54. The molecule has 0 aliphatic heterocycles. The SMILES string of the molecule is Cc1ccc(C(C(=O)Nc2ccccc2C)N(C(=O)C(CS)NC(=O)OC(C)(C)C)C2CC2C)cc1. The number of para-hydroxylation sites is 1. The smallest absolute Gasteiger partial charge is 0.408 e. The topological polar surface area (TPSA) is 87.7 Å². The summed E-state index contributed by atoms with van der Waals surface area (Å²) in [6, 6.07) is 13.2. The number of anilines is 1. The van der Waals surface area contributed by atoms with Crippen molar-refractivity contribution in [2.75, 3.05) is 11.1 Å². The van der Waals surface area contributed by atoms with E-state index in [4.69, 9.17) is 4.74 Å². The largest absolute Gasteiger partial charge is 0.444 e. The van der Waals surface area contributed by atoms with Gasteiger partial charge in [0, 0.05) is 17.5 Å². The van der Waals surface area contributed by atoms with Gasteiger partial charge in [0.25, 0.3) is 5.91 Å². The number of alkyl carbamates (subject to hydrolysis) is 1. The lowest BCUT2D eigenvalue weighted by Crippen LogP contribution is -2.54. The van der Waals surface area contributed by atoms with Gasteiger partial charge < -0.3 is 20.3 Å². The minimum absolute atomic E-state index is 0.0652. The molecule has 194 valence electrons. The summed E-state index contributed by atoms with van der Waals surface area (Å²) in [6.45, 7) is 11.2. The monoisotopic (exact) mass is 511 g/mol. The summed E-state index contributed by atoms with van der Waals surface area (Å²) in [4.78, 5) is 41.9. The van der Waals surface area contributed by atoms with Crippen LogP contribution in [0.3, 0.4) is 0 Å². The van der Waals surface area contributed by atoms with Crippen molar-refractivity contribution in [3.05, 3.63) is 65.2 Å². The van der Waals surface area contributed by atoms with Gasteiger partial charge in [0.1, 0.15) is 17.7 Å². The van der Waals surface area contributed by atoms with Crippen LogP contribution in [0.15, 0.2) is 48.5 Å². The predicted molar refractivity (Wildman–Crippen MR) is 145 cm³/mol. The molecule has 4 atom stereocenters. The summed E-state index contributed by atoms with van der Waals surface area (Å²) < 4.78 is 5.36. The van der Waals surface area contributed by atoms with Gasteiger partial charge in [-0.25, -0.2) is 4.79 Å². The number of benzene rings is 2. The number of carbonyl (C=O) groups excluding carboxylic acids is 3. The van der Waals surface area contributed by atoms with Crippen LogP contribution in [0.1, 0.15) is 56.8 Å². The lowest BCUT2D eigenvalue weighted by molar-refractivity contribution is -0.141. The van der Waals surface area contributed by atoms with Crippen molar-refractivity contribution in [1.29, 1.82) is 0 Å². The fourth-order valence-corrected chi connectivity index (χ4v) is 4.34. The van der Waals surface area contributed by atoms with Crippen LogP contribution < -0.4 is 10.6 Å². The van der Waals surface area contributed by atoms with Gasteiger partial charge in [0.05, 0.1) is 0 Å². The van der Waals surface area contributed by atoms with Crippen molar-refractivity contribution in [3.8, 4) is 0 Å². The highest BCUT2D eigenvalue weighted by Crippen LogP contribution is 2.41. The highest BCUT2D eigenvalue weighted by atomic mass is 32.1. The van der Waals surface area contributed by atoms with Crippen LogP contribution in [0, 0.1) is 19.8 Å². The molecule has 0 radical (unpaired) electrons. The highest BCUT2D eigenvalue weighted by Gasteiger charge is 2.48. The second-order valence-electron chi connectivity index (χ2n) is 10.5. The Hall–Kier alpha value is -3.00. The van der Waals surface area contributed by atoms with Gasteiger partial charge >= 0.3 is 6.09 Å². The number of carbonyl (C=O) groups is 3. The number of aryl methyl sites for hydroxylation is 2. The number of nitrogens with zero attached hydrogens (tertiary/aromatic N) is 1. The molecule has 3 amide bonds. The van der Waals surface area contributed by atoms with E-state index in [0.29, 0.717) is 11.3 Å². The maximum absolute atomic E-state index is 13.9. The average Bonchev–Trinajstić information content (AvgIpc) is 3.52. The fraction of sp³-hybridized carbons (Fsp3) is 0.464. The molecule has 2 aromatic rings. The molecule has 7 nitrogen and oxygen atoms in total. The normalized spacial score (nSPS) is 18.5. The molecule has 0 heterocycles. The molecule has 2 N–H and O–H groups in total. The molecule has 1 fully saturated rings. The first-order valence-corrected chi connectivity index (χ1v) is 12.9. The molecule has 4 unspecified atom stereocenters. The summed E-state index contributed by atoms with van der Waals surface area (Å²) in [5.74, 6) is -0.378. The molecule has 1 saturated carbocycles. The number of ether oxygens (including phenoxy) is 1. The van der Waals surface area contributed by atoms with Crippen LogP contribution in [0.2, 0.25) is 0 Å².